The van der Waals surface area contributed by atoms with Crippen LogP contribution in [0, 0.1) is 11.8 Å². The third kappa shape index (κ3) is 2.38. The van der Waals surface area contributed by atoms with Gasteiger partial charge in [-0.15, -0.1) is 0 Å². The molecule has 7 nitrogen and oxygen atoms in total. The molecule has 3 atom stereocenters. The lowest BCUT2D eigenvalue weighted by molar-refractivity contribution is -0.141. The Morgan fingerprint density at radius 2 is 1.68 bits per heavy atom. The number of cyclic esters (lactones) is 1. The van der Waals surface area contributed by atoms with Crippen molar-refractivity contribution in [2.75, 3.05) is 27.6 Å². The second-order valence-corrected chi connectivity index (χ2v) is 7.26. The lowest BCUT2D eigenvalue weighted by atomic mass is 9.67. The van der Waals surface area contributed by atoms with Crippen LogP contribution in [0.3, 0.4) is 0 Å². The molecule has 3 aliphatic rings. The fourth-order valence-electron chi connectivity index (χ4n) is 4.59. The first-order valence-corrected chi connectivity index (χ1v) is 9.14. The molecule has 0 amide bonds. The van der Waals surface area contributed by atoms with Crippen LogP contribution in [0.25, 0.3) is 0 Å². The Balaban J connectivity index is 1.71. The van der Waals surface area contributed by atoms with Crippen molar-refractivity contribution in [1.82, 2.24) is 0 Å². The van der Waals surface area contributed by atoms with Gasteiger partial charge in [-0.05, 0) is 47.4 Å². The van der Waals surface area contributed by atoms with Crippen LogP contribution in [0.1, 0.15) is 22.6 Å². The van der Waals surface area contributed by atoms with Crippen LogP contribution < -0.4 is 18.9 Å². The summed E-state index contributed by atoms with van der Waals surface area (Å²) in [5.74, 6) is 1.46. The number of phenolic OH excluding ortho intramolecular Hbond substituents is 1. The molecule has 28 heavy (non-hydrogen) atoms. The van der Waals surface area contributed by atoms with Crippen LogP contribution in [0.15, 0.2) is 24.3 Å². The molecule has 7 heteroatoms. The fourth-order valence-corrected chi connectivity index (χ4v) is 4.59. The van der Waals surface area contributed by atoms with E-state index in [1.54, 1.807) is 12.1 Å². The van der Waals surface area contributed by atoms with E-state index in [-0.39, 0.29) is 36.3 Å². The molecule has 1 saturated heterocycles. The molecule has 0 saturated carbocycles. The van der Waals surface area contributed by atoms with Gasteiger partial charge in [0.15, 0.2) is 23.0 Å². The van der Waals surface area contributed by atoms with E-state index in [2.05, 4.69) is 0 Å². The smallest absolute Gasteiger partial charge is 0.309 e. The number of benzene rings is 2. The Bertz CT molecular complexity index is 942. The number of rotatable bonds is 3. The summed E-state index contributed by atoms with van der Waals surface area (Å²) in [6.45, 7) is 0.548. The number of carbonyl (C=O) groups excluding carboxylic acids is 1. The number of ether oxygens (including phenoxy) is 5. The number of fused-ring (bicyclic) bond motifs is 3. The number of aromatic hydroxyl groups is 1. The molecule has 0 aromatic heterocycles. The number of esters is 1. The van der Waals surface area contributed by atoms with Crippen LogP contribution in [-0.2, 0) is 16.0 Å². The van der Waals surface area contributed by atoms with Crippen molar-refractivity contribution in [3.05, 3.63) is 41.0 Å². The normalized spacial score (nSPS) is 24.4. The van der Waals surface area contributed by atoms with Crippen LogP contribution >= 0.6 is 0 Å². The van der Waals surface area contributed by atoms with Gasteiger partial charge in [-0.1, -0.05) is 0 Å². The Labute approximate surface area is 161 Å². The lowest BCUT2D eigenvalue weighted by Gasteiger charge is -2.34. The Hall–Kier alpha value is -3.09. The predicted octanol–water partition coefficient (Wildman–Crippen LogP) is 2.62. The quantitative estimate of drug-likeness (QED) is 0.815. The Kier molecular flexibility index (Phi) is 3.79. The number of methoxy groups -OCH3 is 2. The maximum absolute atomic E-state index is 12.4. The van der Waals surface area contributed by atoms with E-state index in [9.17, 15) is 9.90 Å². The summed E-state index contributed by atoms with van der Waals surface area (Å²) in [6.07, 6.45) is 0.609. The topological polar surface area (TPSA) is 83.5 Å². The lowest BCUT2D eigenvalue weighted by Crippen LogP contribution is -2.31. The van der Waals surface area contributed by atoms with Crippen LogP contribution in [0.5, 0.6) is 28.7 Å². The zero-order chi connectivity index (χ0) is 19.4. The van der Waals surface area contributed by atoms with Crippen molar-refractivity contribution in [1.29, 1.82) is 0 Å². The molecule has 2 aliphatic heterocycles. The average molecular weight is 384 g/mol. The van der Waals surface area contributed by atoms with E-state index >= 15 is 0 Å². The molecule has 1 fully saturated rings. The number of phenols is 1. The maximum atomic E-state index is 12.4. The molecule has 5 rings (SSSR count). The predicted molar refractivity (Wildman–Crippen MR) is 97.3 cm³/mol. The zero-order valence-electron chi connectivity index (χ0n) is 15.6. The molecule has 2 aromatic carbocycles. The molecular weight excluding hydrogens is 364 g/mol. The molecule has 0 bridgehead atoms. The molecular formula is C21H20O7. The third-order valence-electron chi connectivity index (χ3n) is 5.94. The Morgan fingerprint density at radius 1 is 1.00 bits per heavy atom. The second kappa shape index (κ2) is 6.22. The maximum Gasteiger partial charge on any atom is 0.309 e. The standard InChI is InChI=1S/C21H20O7/c1-24-17-5-11(6-18(25-2)20(17)22)19-12-7-16-15(27-9-28-16)4-10(12)3-13-14(19)8-26-21(13)23/h4-7,13-14,19,22H,3,8-9H2,1-2H3. The van der Waals surface area contributed by atoms with Crippen molar-refractivity contribution in [2.24, 2.45) is 11.8 Å². The largest absolute Gasteiger partial charge is 0.502 e. The first-order valence-electron chi connectivity index (χ1n) is 9.14. The van der Waals surface area contributed by atoms with Crippen molar-refractivity contribution in [3.63, 3.8) is 0 Å². The summed E-state index contributed by atoms with van der Waals surface area (Å²) in [7, 11) is 2.99. The number of carbonyl (C=O) groups is 1. The highest BCUT2D eigenvalue weighted by Gasteiger charge is 2.47. The van der Waals surface area contributed by atoms with Crippen molar-refractivity contribution < 1.29 is 33.6 Å². The highest BCUT2D eigenvalue weighted by molar-refractivity contribution is 5.77. The van der Waals surface area contributed by atoms with Crippen LogP contribution in [0.2, 0.25) is 0 Å². The van der Waals surface area contributed by atoms with Gasteiger partial charge in [-0.2, -0.15) is 0 Å². The minimum atomic E-state index is -0.219. The van der Waals surface area contributed by atoms with E-state index in [1.165, 1.54) is 14.2 Å². The summed E-state index contributed by atoms with van der Waals surface area (Å²) in [5.41, 5.74) is 3.00. The molecule has 1 aliphatic carbocycles. The summed E-state index contributed by atoms with van der Waals surface area (Å²) >= 11 is 0. The van der Waals surface area contributed by atoms with Gasteiger partial charge in [0, 0.05) is 11.8 Å². The van der Waals surface area contributed by atoms with E-state index < -0.39 is 0 Å². The monoisotopic (exact) mass is 384 g/mol. The van der Waals surface area contributed by atoms with Crippen molar-refractivity contribution in [2.45, 2.75) is 12.3 Å². The summed E-state index contributed by atoms with van der Waals surface area (Å²) in [5, 5.41) is 10.3. The van der Waals surface area contributed by atoms with E-state index in [1.807, 2.05) is 12.1 Å². The minimum absolute atomic E-state index is 0.0145. The molecule has 0 radical (unpaired) electrons. The molecule has 1 N–H and O–H groups in total. The summed E-state index contributed by atoms with van der Waals surface area (Å²) in [4.78, 5) is 12.4. The van der Waals surface area contributed by atoms with E-state index in [0.717, 1.165) is 16.7 Å². The van der Waals surface area contributed by atoms with Crippen LogP contribution in [-0.4, -0.2) is 38.7 Å². The van der Waals surface area contributed by atoms with Gasteiger partial charge in [-0.3, -0.25) is 4.79 Å². The Morgan fingerprint density at radius 3 is 2.36 bits per heavy atom. The second-order valence-electron chi connectivity index (χ2n) is 7.26. The minimum Gasteiger partial charge on any atom is -0.502 e. The van der Waals surface area contributed by atoms with Crippen LogP contribution in [0.4, 0.5) is 0 Å². The highest BCUT2D eigenvalue weighted by Crippen LogP contribution is 2.52. The van der Waals surface area contributed by atoms with Gasteiger partial charge < -0.3 is 28.8 Å². The average Bonchev–Trinajstić information content (AvgIpc) is 3.31. The van der Waals surface area contributed by atoms with Crippen molar-refractivity contribution >= 4 is 5.97 Å². The molecule has 146 valence electrons. The number of hydrogen-bond acceptors (Lipinski definition) is 7. The number of hydrogen-bond donors (Lipinski definition) is 1. The van der Waals surface area contributed by atoms with Gasteiger partial charge in [0.1, 0.15) is 0 Å². The first-order chi connectivity index (χ1) is 13.6. The SMILES string of the molecule is COc1cc(C2c3cc4c(cc3CC3C(=O)OCC32)OCO4)cc(OC)c1O. The van der Waals surface area contributed by atoms with E-state index in [0.29, 0.717) is 36.0 Å². The third-order valence-corrected chi connectivity index (χ3v) is 5.94. The highest BCUT2D eigenvalue weighted by atomic mass is 16.7. The summed E-state index contributed by atoms with van der Waals surface area (Å²) in [6, 6.07) is 7.54. The van der Waals surface area contributed by atoms with Crippen molar-refractivity contribution in [3.8, 4) is 28.7 Å². The molecule has 2 aromatic rings. The van der Waals surface area contributed by atoms with Gasteiger partial charge in [0.2, 0.25) is 12.5 Å². The van der Waals surface area contributed by atoms with Gasteiger partial charge in [0.05, 0.1) is 26.7 Å². The summed E-state index contributed by atoms with van der Waals surface area (Å²) < 4.78 is 27.2. The van der Waals surface area contributed by atoms with Gasteiger partial charge >= 0.3 is 5.97 Å². The zero-order valence-corrected chi connectivity index (χ0v) is 15.6. The van der Waals surface area contributed by atoms with Gasteiger partial charge in [0.25, 0.3) is 0 Å². The molecule has 3 unspecified atom stereocenters. The molecule has 2 heterocycles. The first kappa shape index (κ1) is 17.0. The fraction of sp³-hybridized carbons (Fsp3) is 0.381. The van der Waals surface area contributed by atoms with Gasteiger partial charge in [-0.25, -0.2) is 0 Å². The van der Waals surface area contributed by atoms with E-state index in [4.69, 9.17) is 23.7 Å². The molecule has 0 spiro atoms.